The lowest BCUT2D eigenvalue weighted by molar-refractivity contribution is -0.120. The van der Waals surface area contributed by atoms with E-state index in [2.05, 4.69) is 23.1 Å². The minimum absolute atomic E-state index is 0.000283. The van der Waals surface area contributed by atoms with Crippen LogP contribution in [0.2, 0.25) is 0 Å². The second kappa shape index (κ2) is 6.74. The normalized spacial score (nSPS) is 19.6. The Hall–Kier alpha value is -2.22. The van der Waals surface area contributed by atoms with Gasteiger partial charge in [-0.1, -0.05) is 24.3 Å². The third kappa shape index (κ3) is 3.50. The van der Waals surface area contributed by atoms with Gasteiger partial charge < -0.3 is 4.90 Å². The molecule has 1 atom stereocenters. The first-order valence-electron chi connectivity index (χ1n) is 9.10. The molecule has 1 unspecified atom stereocenters. The number of benzene rings is 2. The molecular formula is C20H23N3O3S. The molecular weight excluding hydrogens is 362 g/mol. The van der Waals surface area contributed by atoms with Crippen molar-refractivity contribution in [3.05, 3.63) is 59.2 Å². The summed E-state index contributed by atoms with van der Waals surface area (Å²) in [6.45, 7) is 3.98. The standard InChI is InChI=1S/C20H23N3O3S/c1-14-10-17-11-18(27(21,25)26)6-7-19(17)23(14)20(24)13-22-9-8-15-4-2-3-5-16(15)12-22/h2-7,11,14H,8-10,12-13H2,1H3,(H2,21,25,26). The molecule has 2 aliphatic rings. The number of rotatable bonds is 3. The zero-order valence-electron chi connectivity index (χ0n) is 15.3. The van der Waals surface area contributed by atoms with Gasteiger partial charge in [-0.25, -0.2) is 13.6 Å². The molecule has 142 valence electrons. The van der Waals surface area contributed by atoms with Gasteiger partial charge in [0.05, 0.1) is 11.4 Å². The summed E-state index contributed by atoms with van der Waals surface area (Å²) in [5.74, 6) is 0.0454. The Morgan fingerprint density at radius 1 is 1.15 bits per heavy atom. The first-order chi connectivity index (χ1) is 12.8. The summed E-state index contributed by atoms with van der Waals surface area (Å²) in [6.07, 6.45) is 1.58. The van der Waals surface area contributed by atoms with Crippen molar-refractivity contribution in [2.75, 3.05) is 18.0 Å². The van der Waals surface area contributed by atoms with Gasteiger partial charge in [0.1, 0.15) is 0 Å². The van der Waals surface area contributed by atoms with E-state index in [9.17, 15) is 13.2 Å². The average molecular weight is 385 g/mol. The van der Waals surface area contributed by atoms with Gasteiger partial charge in [-0.2, -0.15) is 0 Å². The quantitative estimate of drug-likeness (QED) is 0.871. The summed E-state index contributed by atoms with van der Waals surface area (Å²) in [5, 5.41) is 5.23. The van der Waals surface area contributed by atoms with Crippen molar-refractivity contribution in [1.29, 1.82) is 0 Å². The zero-order chi connectivity index (χ0) is 19.2. The van der Waals surface area contributed by atoms with E-state index in [-0.39, 0.29) is 16.8 Å². The van der Waals surface area contributed by atoms with Crippen LogP contribution in [0.15, 0.2) is 47.4 Å². The average Bonchev–Trinajstić information content (AvgIpc) is 2.95. The fourth-order valence-electron chi connectivity index (χ4n) is 4.12. The van der Waals surface area contributed by atoms with E-state index in [1.54, 1.807) is 17.0 Å². The van der Waals surface area contributed by atoms with Gasteiger partial charge in [0.15, 0.2) is 0 Å². The molecule has 0 saturated heterocycles. The summed E-state index contributed by atoms with van der Waals surface area (Å²) in [4.78, 5) is 17.1. The summed E-state index contributed by atoms with van der Waals surface area (Å²) in [6, 6.07) is 13.1. The van der Waals surface area contributed by atoms with E-state index >= 15 is 0 Å². The molecule has 0 saturated carbocycles. The Balaban J connectivity index is 1.52. The molecule has 2 aromatic rings. The van der Waals surface area contributed by atoms with Crippen molar-refractivity contribution >= 4 is 21.6 Å². The number of hydrogen-bond donors (Lipinski definition) is 1. The second-order valence-electron chi connectivity index (χ2n) is 7.38. The predicted molar refractivity (Wildman–Crippen MR) is 104 cm³/mol. The zero-order valence-corrected chi connectivity index (χ0v) is 16.1. The third-order valence-corrected chi connectivity index (χ3v) is 6.34. The third-order valence-electron chi connectivity index (χ3n) is 5.43. The van der Waals surface area contributed by atoms with E-state index < -0.39 is 10.0 Å². The lowest BCUT2D eigenvalue weighted by atomic mass is 10.00. The van der Waals surface area contributed by atoms with E-state index in [1.165, 1.54) is 17.2 Å². The van der Waals surface area contributed by atoms with Gasteiger partial charge in [-0.05, 0) is 54.7 Å². The number of amides is 1. The molecule has 6 nitrogen and oxygen atoms in total. The van der Waals surface area contributed by atoms with Gasteiger partial charge in [0, 0.05) is 24.8 Å². The SMILES string of the molecule is CC1Cc2cc(S(N)(=O)=O)ccc2N1C(=O)CN1CCc2ccccc2C1. The van der Waals surface area contributed by atoms with Crippen LogP contribution in [0.4, 0.5) is 5.69 Å². The van der Waals surface area contributed by atoms with Gasteiger partial charge in [-0.3, -0.25) is 9.69 Å². The van der Waals surface area contributed by atoms with E-state index in [1.807, 2.05) is 13.0 Å². The molecule has 0 spiro atoms. The number of sulfonamides is 1. The number of carbonyl (C=O) groups is 1. The number of anilines is 1. The summed E-state index contributed by atoms with van der Waals surface area (Å²) in [5.41, 5.74) is 4.28. The predicted octanol–water partition coefficient (Wildman–Crippen LogP) is 1.67. The number of primary sulfonamides is 1. The molecule has 0 fully saturated rings. The molecule has 7 heteroatoms. The van der Waals surface area contributed by atoms with Gasteiger partial charge >= 0.3 is 0 Å². The topological polar surface area (TPSA) is 83.7 Å². The van der Waals surface area contributed by atoms with Gasteiger partial charge in [-0.15, -0.1) is 0 Å². The van der Waals surface area contributed by atoms with Gasteiger partial charge in [0.2, 0.25) is 15.9 Å². The van der Waals surface area contributed by atoms with Crippen molar-refractivity contribution < 1.29 is 13.2 Å². The Labute approximate surface area is 159 Å². The number of nitrogens with two attached hydrogens (primary N) is 1. The van der Waals surface area contributed by atoms with Crippen LogP contribution < -0.4 is 10.0 Å². The van der Waals surface area contributed by atoms with Crippen LogP contribution in [-0.4, -0.2) is 38.4 Å². The van der Waals surface area contributed by atoms with Crippen LogP contribution in [0.5, 0.6) is 0 Å². The lowest BCUT2D eigenvalue weighted by Crippen LogP contribution is -2.44. The number of carbonyl (C=O) groups excluding carboxylic acids is 1. The highest BCUT2D eigenvalue weighted by Gasteiger charge is 2.32. The monoisotopic (exact) mass is 385 g/mol. The Morgan fingerprint density at radius 3 is 2.63 bits per heavy atom. The highest BCUT2D eigenvalue weighted by molar-refractivity contribution is 7.89. The highest BCUT2D eigenvalue weighted by Crippen LogP contribution is 2.34. The van der Waals surface area contributed by atoms with Crippen LogP contribution >= 0.6 is 0 Å². The molecule has 0 aliphatic carbocycles. The molecule has 2 heterocycles. The van der Waals surface area contributed by atoms with Crippen molar-refractivity contribution in [3.8, 4) is 0 Å². The van der Waals surface area contributed by atoms with Crippen LogP contribution in [-0.2, 0) is 34.2 Å². The first-order valence-corrected chi connectivity index (χ1v) is 10.6. The Bertz CT molecular complexity index is 1000. The Kier molecular flexibility index (Phi) is 4.53. The molecule has 27 heavy (non-hydrogen) atoms. The molecule has 2 aromatic carbocycles. The molecule has 1 amide bonds. The van der Waals surface area contributed by atoms with Crippen molar-refractivity contribution in [2.45, 2.75) is 37.2 Å². The molecule has 4 rings (SSSR count). The first kappa shape index (κ1) is 18.2. The van der Waals surface area contributed by atoms with Crippen LogP contribution in [0, 0.1) is 0 Å². The fourth-order valence-corrected chi connectivity index (χ4v) is 4.69. The van der Waals surface area contributed by atoms with Crippen LogP contribution in [0.3, 0.4) is 0 Å². The smallest absolute Gasteiger partial charge is 0.241 e. The van der Waals surface area contributed by atoms with Crippen molar-refractivity contribution in [2.24, 2.45) is 5.14 Å². The number of nitrogens with zero attached hydrogens (tertiary/aromatic N) is 2. The Morgan fingerprint density at radius 2 is 1.89 bits per heavy atom. The molecule has 2 aliphatic heterocycles. The number of fused-ring (bicyclic) bond motifs is 2. The minimum Gasteiger partial charge on any atom is -0.308 e. The maximum absolute atomic E-state index is 13.0. The van der Waals surface area contributed by atoms with Crippen LogP contribution in [0.1, 0.15) is 23.6 Å². The van der Waals surface area contributed by atoms with Gasteiger partial charge in [0.25, 0.3) is 0 Å². The number of hydrogen-bond acceptors (Lipinski definition) is 4. The minimum atomic E-state index is -3.74. The second-order valence-corrected chi connectivity index (χ2v) is 8.94. The summed E-state index contributed by atoms with van der Waals surface area (Å²) < 4.78 is 23.2. The van der Waals surface area contributed by atoms with E-state index in [0.29, 0.717) is 13.0 Å². The molecule has 2 N–H and O–H groups in total. The summed E-state index contributed by atoms with van der Waals surface area (Å²) in [7, 11) is -3.74. The highest BCUT2D eigenvalue weighted by atomic mass is 32.2. The lowest BCUT2D eigenvalue weighted by Gasteiger charge is -2.31. The van der Waals surface area contributed by atoms with Crippen LogP contribution in [0.25, 0.3) is 0 Å². The van der Waals surface area contributed by atoms with Crippen molar-refractivity contribution in [1.82, 2.24) is 4.90 Å². The maximum atomic E-state index is 13.0. The summed E-state index contributed by atoms with van der Waals surface area (Å²) >= 11 is 0. The molecule has 0 radical (unpaired) electrons. The molecule has 0 aromatic heterocycles. The fraction of sp³-hybridized carbons (Fsp3) is 0.350. The maximum Gasteiger partial charge on any atom is 0.241 e. The van der Waals surface area contributed by atoms with Crippen molar-refractivity contribution in [3.63, 3.8) is 0 Å². The molecule has 0 bridgehead atoms. The van der Waals surface area contributed by atoms with E-state index in [0.717, 1.165) is 30.8 Å². The largest absolute Gasteiger partial charge is 0.308 e. The van der Waals surface area contributed by atoms with E-state index in [4.69, 9.17) is 5.14 Å².